The number of hydrogen-bond acceptors (Lipinski definition) is 3. The largest absolute Gasteiger partial charge is 0.324 e. The van der Waals surface area contributed by atoms with E-state index in [0.29, 0.717) is 11.3 Å². The molecule has 1 aromatic rings. The van der Waals surface area contributed by atoms with Crippen molar-refractivity contribution >= 4 is 9.84 Å². The summed E-state index contributed by atoms with van der Waals surface area (Å²) in [4.78, 5) is 0.369. The van der Waals surface area contributed by atoms with Gasteiger partial charge in [0.05, 0.1) is 10.1 Å². The van der Waals surface area contributed by atoms with Crippen molar-refractivity contribution in [2.45, 2.75) is 36.5 Å². The molecule has 0 heterocycles. The van der Waals surface area contributed by atoms with Crippen molar-refractivity contribution in [2.24, 2.45) is 5.73 Å². The minimum absolute atomic E-state index is 0.0838. The zero-order chi connectivity index (χ0) is 14.0. The minimum atomic E-state index is -3.27. The number of rotatable bonds is 5. The fraction of sp³-hybridized carbons (Fsp3) is 0.333. The summed E-state index contributed by atoms with van der Waals surface area (Å²) in [6.07, 6.45) is 6.39. The molecule has 19 heavy (non-hydrogen) atoms. The Morgan fingerprint density at radius 2 is 1.74 bits per heavy atom. The maximum Gasteiger partial charge on any atom is 0.181 e. The molecule has 2 N–H and O–H groups in total. The third-order valence-corrected chi connectivity index (χ3v) is 5.56. The molecule has 1 aliphatic rings. The van der Waals surface area contributed by atoms with Crippen LogP contribution in [0.5, 0.6) is 0 Å². The molecule has 1 aliphatic carbocycles. The second kappa shape index (κ2) is 5.31. The minimum Gasteiger partial charge on any atom is -0.324 e. The summed E-state index contributed by atoms with van der Waals surface area (Å²) in [5.74, 6) is 0. The van der Waals surface area contributed by atoms with Crippen molar-refractivity contribution < 1.29 is 8.42 Å². The second-order valence-corrected chi connectivity index (χ2v) is 7.38. The molecule has 0 aliphatic heterocycles. The molecule has 0 radical (unpaired) electrons. The fourth-order valence-corrected chi connectivity index (χ4v) is 3.40. The van der Waals surface area contributed by atoms with Crippen LogP contribution >= 0.6 is 0 Å². The van der Waals surface area contributed by atoms with Gasteiger partial charge in [-0.2, -0.15) is 0 Å². The van der Waals surface area contributed by atoms with Gasteiger partial charge in [0.2, 0.25) is 0 Å². The molecule has 1 aromatic carbocycles. The lowest BCUT2D eigenvalue weighted by atomic mass is 10.0. The Hall–Kier alpha value is -1.39. The van der Waals surface area contributed by atoms with E-state index < -0.39 is 15.1 Å². The highest BCUT2D eigenvalue weighted by molar-refractivity contribution is 7.92. The molecule has 102 valence electrons. The number of sulfone groups is 1. The van der Waals surface area contributed by atoms with E-state index in [0.717, 1.165) is 11.1 Å². The topological polar surface area (TPSA) is 60.2 Å². The number of allylic oxidation sites excluding steroid dienone is 4. The molecule has 0 bridgehead atoms. The Kier molecular flexibility index (Phi) is 3.92. The summed E-state index contributed by atoms with van der Waals surface area (Å²) in [5.41, 5.74) is 7.79. The summed E-state index contributed by atoms with van der Waals surface area (Å²) < 4.78 is 24.8. The van der Waals surface area contributed by atoms with E-state index in [2.05, 4.69) is 0 Å². The maximum absolute atomic E-state index is 12.4. The molecule has 4 heteroatoms. The van der Waals surface area contributed by atoms with Crippen LogP contribution in [0.4, 0.5) is 0 Å². The van der Waals surface area contributed by atoms with Gasteiger partial charge in [-0.1, -0.05) is 30.4 Å². The van der Waals surface area contributed by atoms with Crippen molar-refractivity contribution in [2.75, 3.05) is 0 Å². The van der Waals surface area contributed by atoms with Gasteiger partial charge in [0.15, 0.2) is 9.84 Å². The molecule has 0 saturated heterocycles. The van der Waals surface area contributed by atoms with Gasteiger partial charge in [0.25, 0.3) is 0 Å². The maximum atomic E-state index is 12.4. The van der Waals surface area contributed by atoms with Crippen molar-refractivity contribution in [1.82, 2.24) is 0 Å². The highest BCUT2D eigenvalue weighted by Gasteiger charge is 2.24. The Balaban J connectivity index is 2.18. The van der Waals surface area contributed by atoms with Crippen LogP contribution in [-0.4, -0.2) is 13.7 Å². The first-order chi connectivity index (χ1) is 8.91. The quantitative estimate of drug-likeness (QED) is 0.900. The smallest absolute Gasteiger partial charge is 0.181 e. The zero-order valence-electron chi connectivity index (χ0n) is 11.2. The fourth-order valence-electron chi connectivity index (χ4n) is 2.00. The van der Waals surface area contributed by atoms with Crippen molar-refractivity contribution in [1.29, 1.82) is 0 Å². The third-order valence-electron chi connectivity index (χ3n) is 3.41. The Morgan fingerprint density at radius 1 is 1.16 bits per heavy atom. The summed E-state index contributed by atoms with van der Waals surface area (Å²) in [6.45, 7) is 3.63. The highest BCUT2D eigenvalue weighted by Crippen LogP contribution is 2.24. The van der Waals surface area contributed by atoms with Gasteiger partial charge in [-0.15, -0.1) is 0 Å². The first-order valence-corrected chi connectivity index (χ1v) is 7.92. The summed E-state index contributed by atoms with van der Waals surface area (Å²) >= 11 is 0. The summed E-state index contributed by atoms with van der Waals surface area (Å²) in [5, 5.41) is -0.412. The normalized spacial score (nSPS) is 17.5. The first kappa shape index (κ1) is 14.0. The Morgan fingerprint density at radius 3 is 2.16 bits per heavy atom. The molecule has 0 amide bonds. The molecule has 0 fully saturated rings. The van der Waals surface area contributed by atoms with E-state index in [1.807, 2.05) is 25.2 Å². The lowest BCUT2D eigenvalue weighted by Gasteiger charge is -2.16. The van der Waals surface area contributed by atoms with Crippen molar-refractivity contribution in [3.8, 4) is 0 Å². The van der Waals surface area contributed by atoms with E-state index in [-0.39, 0.29) is 6.04 Å². The van der Waals surface area contributed by atoms with Gasteiger partial charge in [0.1, 0.15) is 0 Å². The van der Waals surface area contributed by atoms with Crippen molar-refractivity contribution in [3.05, 3.63) is 53.6 Å². The van der Waals surface area contributed by atoms with Gasteiger partial charge in [-0.05, 0) is 43.5 Å². The van der Waals surface area contributed by atoms with Crippen LogP contribution in [0.25, 0.3) is 0 Å². The molecule has 2 atom stereocenters. The molecule has 1 unspecified atom stereocenters. The van der Waals surface area contributed by atoms with Crippen LogP contribution in [0.1, 0.15) is 31.9 Å². The predicted molar refractivity (Wildman–Crippen MR) is 77.5 cm³/mol. The van der Waals surface area contributed by atoms with Crippen LogP contribution in [0.2, 0.25) is 0 Å². The molecule has 0 spiro atoms. The Labute approximate surface area is 114 Å². The summed E-state index contributed by atoms with van der Waals surface area (Å²) in [6, 6.07) is 6.78. The molecule has 0 saturated carbocycles. The summed E-state index contributed by atoms with van der Waals surface area (Å²) in [7, 11) is -3.27. The molecular formula is C15H19NO2S. The van der Waals surface area contributed by atoms with Crippen LogP contribution < -0.4 is 5.73 Å². The van der Waals surface area contributed by atoms with E-state index in [9.17, 15) is 8.42 Å². The number of nitrogens with two attached hydrogens (primary N) is 1. The lowest BCUT2D eigenvalue weighted by Crippen LogP contribution is -2.19. The number of benzene rings is 1. The van der Waals surface area contributed by atoms with Gasteiger partial charge in [0, 0.05) is 6.04 Å². The van der Waals surface area contributed by atoms with Crippen molar-refractivity contribution in [3.63, 3.8) is 0 Å². The van der Waals surface area contributed by atoms with Gasteiger partial charge < -0.3 is 5.73 Å². The van der Waals surface area contributed by atoms with E-state index in [1.165, 1.54) is 0 Å². The highest BCUT2D eigenvalue weighted by atomic mass is 32.2. The molecular weight excluding hydrogens is 258 g/mol. The van der Waals surface area contributed by atoms with Gasteiger partial charge >= 0.3 is 0 Å². The Bertz CT molecular complexity index is 610. The van der Waals surface area contributed by atoms with E-state index in [4.69, 9.17) is 5.73 Å². The van der Waals surface area contributed by atoms with E-state index in [1.54, 1.807) is 31.2 Å². The van der Waals surface area contributed by atoms with Gasteiger partial charge in [-0.3, -0.25) is 0 Å². The van der Waals surface area contributed by atoms with Crippen LogP contribution in [0.3, 0.4) is 0 Å². The third kappa shape index (κ3) is 2.96. The molecule has 3 nitrogen and oxygen atoms in total. The van der Waals surface area contributed by atoms with Crippen LogP contribution in [0.15, 0.2) is 53.0 Å². The molecule has 0 aromatic heterocycles. The average Bonchev–Trinajstić information content (AvgIpc) is 2.33. The lowest BCUT2D eigenvalue weighted by molar-refractivity contribution is 0.582. The SMILES string of the molecule is CC(CC1=CC=C1)S(=O)(=O)c1ccc([C@@H](C)N)cc1. The predicted octanol–water partition coefficient (Wildman–Crippen LogP) is 2.75. The first-order valence-electron chi connectivity index (χ1n) is 6.38. The number of hydrogen-bond donors (Lipinski definition) is 1. The molecule has 2 rings (SSSR count). The standard InChI is InChI=1S/C15H19NO2S/c1-11(10-13-4-3-5-13)19(17,18)15-8-6-14(7-9-15)12(2)16/h3-9,11-12H,10,16H2,1-2H3/t11?,12-/m1/s1. The monoisotopic (exact) mass is 277 g/mol. The average molecular weight is 277 g/mol. The van der Waals surface area contributed by atoms with Gasteiger partial charge in [-0.25, -0.2) is 8.42 Å². The second-order valence-electron chi connectivity index (χ2n) is 5.02. The zero-order valence-corrected chi connectivity index (χ0v) is 12.0. The van der Waals surface area contributed by atoms with E-state index >= 15 is 0 Å². The van der Waals surface area contributed by atoms with Crippen LogP contribution in [-0.2, 0) is 9.84 Å². The van der Waals surface area contributed by atoms with Crippen LogP contribution in [0, 0.1) is 0 Å².